The molecule has 1 aliphatic heterocycles. The lowest BCUT2D eigenvalue weighted by Crippen LogP contribution is -2.40. The van der Waals surface area contributed by atoms with Crippen molar-refractivity contribution < 1.29 is 29.2 Å². The van der Waals surface area contributed by atoms with E-state index in [2.05, 4.69) is 45.3 Å². The Kier molecular flexibility index (Phi) is 12.3. The fourth-order valence-corrected chi connectivity index (χ4v) is 6.37. The largest absolute Gasteiger partial charge is 0.497 e. The van der Waals surface area contributed by atoms with Crippen molar-refractivity contribution in [2.24, 2.45) is 5.92 Å². The van der Waals surface area contributed by atoms with Crippen molar-refractivity contribution in [3.8, 4) is 11.5 Å². The number of methoxy groups -OCH3 is 2. The van der Waals surface area contributed by atoms with Gasteiger partial charge in [-0.1, -0.05) is 82.3 Å². The fourth-order valence-electron chi connectivity index (χ4n) is 6.00. The number of thiol groups is 1. The third-order valence-corrected chi connectivity index (χ3v) is 8.19. The topological polar surface area (TPSA) is 132 Å². The summed E-state index contributed by atoms with van der Waals surface area (Å²) in [4.78, 5) is 26.0. The van der Waals surface area contributed by atoms with Crippen LogP contribution in [0.1, 0.15) is 57.0 Å². The van der Waals surface area contributed by atoms with E-state index in [0.29, 0.717) is 11.5 Å². The van der Waals surface area contributed by atoms with Gasteiger partial charge in [0.2, 0.25) is 0 Å². The molecule has 0 radical (unpaired) electrons. The first-order valence-corrected chi connectivity index (χ1v) is 16.3. The first-order chi connectivity index (χ1) is 22.8. The Morgan fingerprint density at radius 3 is 1.79 bits per heavy atom. The second-order valence-electron chi connectivity index (χ2n) is 12.8. The molecular formula is C37H46N2O8S. The number of benzene rings is 3. The average molecular weight is 679 g/mol. The molecule has 4 aromatic rings. The maximum absolute atomic E-state index is 12.3. The van der Waals surface area contributed by atoms with Gasteiger partial charge in [-0.2, -0.15) is 12.6 Å². The molecule has 0 amide bonds. The molecule has 3 N–H and O–H groups in total. The Morgan fingerprint density at radius 1 is 0.833 bits per heavy atom. The summed E-state index contributed by atoms with van der Waals surface area (Å²) in [6.45, 7) is 8.59. The Hall–Kier alpha value is -3.87. The van der Waals surface area contributed by atoms with Gasteiger partial charge in [0.05, 0.1) is 20.8 Å². The first kappa shape index (κ1) is 37.0. The lowest BCUT2D eigenvalue weighted by molar-refractivity contribution is -0.0958. The van der Waals surface area contributed by atoms with Gasteiger partial charge in [-0.3, -0.25) is 14.3 Å². The van der Waals surface area contributed by atoms with Crippen LogP contribution in [-0.2, 0) is 15.1 Å². The molecule has 1 aromatic heterocycles. The number of aromatic amines is 1. The Bertz CT molecular complexity index is 1650. The quantitative estimate of drug-likeness (QED) is 0.130. The molecule has 11 heteroatoms. The van der Waals surface area contributed by atoms with Crippen LogP contribution in [0.5, 0.6) is 11.5 Å². The molecule has 0 aliphatic carbocycles. The number of ether oxygens (including phenoxy) is 4. The van der Waals surface area contributed by atoms with Gasteiger partial charge >= 0.3 is 5.69 Å². The van der Waals surface area contributed by atoms with E-state index in [1.807, 2.05) is 78.9 Å². The van der Waals surface area contributed by atoms with E-state index in [9.17, 15) is 19.8 Å². The van der Waals surface area contributed by atoms with Crippen molar-refractivity contribution in [1.82, 2.24) is 9.55 Å². The van der Waals surface area contributed by atoms with Crippen LogP contribution >= 0.6 is 12.6 Å². The lowest BCUT2D eigenvalue weighted by Gasteiger charge is -2.37. The molecule has 0 saturated carbocycles. The molecule has 1 saturated heterocycles. The minimum atomic E-state index is -1.44. The Morgan fingerprint density at radius 2 is 1.35 bits per heavy atom. The number of aliphatic hydroxyl groups excluding tert-OH is 2. The third kappa shape index (κ3) is 8.77. The molecule has 4 unspecified atom stereocenters. The molecule has 1 aliphatic rings. The second-order valence-corrected chi connectivity index (χ2v) is 14.0. The number of nitrogens with zero attached hydrogens (tertiary/aromatic N) is 1. The number of aliphatic hydroxyl groups is 2. The minimum absolute atomic E-state index is 0.153. The summed E-state index contributed by atoms with van der Waals surface area (Å²) in [5.41, 5.74) is -0.133. The van der Waals surface area contributed by atoms with Crippen LogP contribution in [-0.4, -0.2) is 63.6 Å². The van der Waals surface area contributed by atoms with Gasteiger partial charge in [-0.05, 0) is 53.3 Å². The maximum Gasteiger partial charge on any atom is 0.330 e. The van der Waals surface area contributed by atoms with Gasteiger partial charge in [0, 0.05) is 17.0 Å². The Balaban J connectivity index is 0.000000579. The average Bonchev–Trinajstić information content (AvgIpc) is 3.34. The highest BCUT2D eigenvalue weighted by molar-refractivity contribution is 7.81. The highest BCUT2D eigenvalue weighted by Gasteiger charge is 2.46. The molecule has 48 heavy (non-hydrogen) atoms. The van der Waals surface area contributed by atoms with Crippen LogP contribution in [0.2, 0.25) is 0 Å². The van der Waals surface area contributed by atoms with Crippen LogP contribution in [0.15, 0.2) is 101 Å². The van der Waals surface area contributed by atoms with Crippen molar-refractivity contribution in [1.29, 1.82) is 0 Å². The van der Waals surface area contributed by atoms with E-state index in [0.717, 1.165) is 33.2 Å². The third-order valence-electron chi connectivity index (χ3n) is 8.01. The van der Waals surface area contributed by atoms with Crippen molar-refractivity contribution in [2.75, 3.05) is 20.8 Å². The summed E-state index contributed by atoms with van der Waals surface area (Å²) in [5.74, 6) is 2.11. The molecule has 1 fully saturated rings. The number of H-pyrrole nitrogens is 1. The zero-order chi connectivity index (χ0) is 35.1. The van der Waals surface area contributed by atoms with Crippen molar-refractivity contribution in [3.63, 3.8) is 0 Å². The number of hydrogen-bond donors (Lipinski definition) is 4. The zero-order valence-corrected chi connectivity index (χ0v) is 29.1. The van der Waals surface area contributed by atoms with Crippen molar-refractivity contribution in [3.05, 3.63) is 129 Å². The van der Waals surface area contributed by atoms with E-state index in [1.54, 1.807) is 14.2 Å². The van der Waals surface area contributed by atoms with Gasteiger partial charge in [0.25, 0.3) is 5.56 Å². The minimum Gasteiger partial charge on any atom is -0.497 e. The first-order valence-electron chi connectivity index (χ1n) is 15.8. The summed E-state index contributed by atoms with van der Waals surface area (Å²) >= 11 is 4.39. The molecule has 0 spiro atoms. The maximum atomic E-state index is 12.3. The summed E-state index contributed by atoms with van der Waals surface area (Å²) in [6.07, 6.45) is -2.63. The number of nitrogens with one attached hydrogen (secondary N) is 1. The van der Waals surface area contributed by atoms with Gasteiger partial charge in [-0.15, -0.1) is 0 Å². The van der Waals surface area contributed by atoms with E-state index in [1.165, 1.54) is 12.6 Å². The van der Waals surface area contributed by atoms with E-state index < -0.39 is 41.4 Å². The van der Waals surface area contributed by atoms with E-state index in [4.69, 9.17) is 18.9 Å². The van der Waals surface area contributed by atoms with Crippen LogP contribution in [0, 0.1) is 5.92 Å². The molecule has 5 rings (SSSR count). The van der Waals surface area contributed by atoms with Crippen LogP contribution < -0.4 is 20.7 Å². The van der Waals surface area contributed by atoms with E-state index in [-0.39, 0.29) is 11.4 Å². The molecule has 0 bridgehead atoms. The SMILES string of the molecule is CC(C)CC(C)(C)S.COc1ccc(C(OCC2OC(n3ccc(=O)[nH]c3=O)C(O)C2O)(c2ccccc2)c2ccc(OC)cc2)cc1. The van der Waals surface area contributed by atoms with Gasteiger partial charge in [0.15, 0.2) is 6.23 Å². The molecular weight excluding hydrogens is 632 g/mol. The predicted octanol–water partition coefficient (Wildman–Crippen LogP) is 4.92. The molecule has 4 atom stereocenters. The molecule has 3 aromatic carbocycles. The standard InChI is InChI=1S/C30H30N2O8.C7H16S/c1-37-22-12-8-20(9-13-22)30(19-6-4-3-5-7-19,21-10-14-23(38-2)15-11-21)39-18-24-26(34)27(35)28(40-24)32-17-16-25(33)31-29(32)36;1-6(2)5-7(3,4)8/h3-17,24,26-28,34-35H,18H2,1-2H3,(H,31,33,36);6,8H,5H2,1-4H3. The van der Waals surface area contributed by atoms with Crippen LogP contribution in [0.25, 0.3) is 0 Å². The summed E-state index contributed by atoms with van der Waals surface area (Å²) < 4.78 is 24.7. The predicted molar refractivity (Wildman–Crippen MR) is 188 cm³/mol. The van der Waals surface area contributed by atoms with Gasteiger partial charge < -0.3 is 29.2 Å². The molecule has 10 nitrogen and oxygen atoms in total. The van der Waals surface area contributed by atoms with Crippen molar-refractivity contribution >= 4 is 12.6 Å². The molecule has 258 valence electrons. The number of hydrogen-bond acceptors (Lipinski definition) is 9. The number of aromatic nitrogens is 2. The highest BCUT2D eigenvalue weighted by Crippen LogP contribution is 2.42. The lowest BCUT2D eigenvalue weighted by atomic mass is 9.80. The van der Waals surface area contributed by atoms with Gasteiger partial charge in [0.1, 0.15) is 35.4 Å². The fraction of sp³-hybridized carbons (Fsp3) is 0.405. The number of rotatable bonds is 11. The summed E-state index contributed by atoms with van der Waals surface area (Å²) in [5, 5.41) is 21.7. The Labute approximate surface area is 286 Å². The highest BCUT2D eigenvalue weighted by atomic mass is 32.1. The van der Waals surface area contributed by atoms with Crippen molar-refractivity contribution in [2.45, 2.75) is 69.0 Å². The van der Waals surface area contributed by atoms with Crippen LogP contribution in [0.4, 0.5) is 0 Å². The summed E-state index contributed by atoms with van der Waals surface area (Å²) in [6, 6.07) is 25.7. The second kappa shape index (κ2) is 16.0. The zero-order valence-electron chi connectivity index (χ0n) is 28.2. The smallest absolute Gasteiger partial charge is 0.330 e. The monoisotopic (exact) mass is 678 g/mol. The molecule has 2 heterocycles. The van der Waals surface area contributed by atoms with Crippen LogP contribution in [0.3, 0.4) is 0 Å². The van der Waals surface area contributed by atoms with Gasteiger partial charge in [-0.25, -0.2) is 4.79 Å². The normalized spacial score (nSPS) is 19.5. The summed E-state index contributed by atoms with van der Waals surface area (Å²) in [7, 11) is 3.18. The van der Waals surface area contributed by atoms with E-state index >= 15 is 0 Å².